The number of para-hydroxylation sites is 4. The molecule has 7 aromatic carbocycles. The highest BCUT2D eigenvalue weighted by Gasteiger charge is 2.24. The van der Waals surface area contributed by atoms with Gasteiger partial charge in [-0.3, -0.25) is 0 Å². The molecule has 13 rings (SSSR count). The van der Waals surface area contributed by atoms with Gasteiger partial charge in [0.1, 0.15) is 10.0 Å². The number of fused-ring (bicyclic) bond motifs is 6. The van der Waals surface area contributed by atoms with Crippen molar-refractivity contribution in [3.05, 3.63) is 252 Å². The summed E-state index contributed by atoms with van der Waals surface area (Å²) in [5.74, 6) is 0. The smallest absolute Gasteiger partial charge is 0.148 e. The van der Waals surface area contributed by atoms with Crippen molar-refractivity contribution in [1.29, 1.82) is 0 Å². The molecule has 0 radical (unpaired) electrons. The molecule has 0 spiro atoms. The third kappa shape index (κ3) is 7.36. The van der Waals surface area contributed by atoms with Crippen LogP contribution in [-0.2, 0) is 0 Å². The highest BCUT2D eigenvalue weighted by molar-refractivity contribution is 7.15. The molecule has 1 atom stereocenters. The quantitative estimate of drug-likeness (QED) is 0.128. The molecule has 1 unspecified atom stereocenters. The van der Waals surface area contributed by atoms with Crippen molar-refractivity contribution >= 4 is 90.2 Å². The van der Waals surface area contributed by atoms with E-state index in [1.807, 2.05) is 6.08 Å². The van der Waals surface area contributed by atoms with E-state index < -0.39 is 0 Å². The topological polar surface area (TPSA) is 42.1 Å². The zero-order valence-electron chi connectivity index (χ0n) is 38.3. The van der Waals surface area contributed by atoms with E-state index in [-0.39, 0.29) is 6.04 Å². The van der Waals surface area contributed by atoms with Crippen LogP contribution in [0.5, 0.6) is 0 Å². The summed E-state index contributed by atoms with van der Waals surface area (Å²) in [6, 6.07) is 63.4. The monoisotopic (exact) mass is 918 g/mol. The van der Waals surface area contributed by atoms with Crippen LogP contribution in [0.2, 0.25) is 0 Å². The number of aromatic nitrogens is 4. The maximum absolute atomic E-state index is 4.74. The van der Waals surface area contributed by atoms with Crippen LogP contribution in [0, 0.1) is 0 Å². The van der Waals surface area contributed by atoms with E-state index in [1.54, 1.807) is 11.3 Å². The lowest BCUT2D eigenvalue weighted by atomic mass is 10.0. The van der Waals surface area contributed by atoms with Gasteiger partial charge in [-0.05, 0) is 135 Å². The Bertz CT molecular complexity index is 3800. The number of hydrogen-bond acceptors (Lipinski definition) is 5. The molecule has 0 N–H and O–H groups in total. The van der Waals surface area contributed by atoms with Crippen molar-refractivity contribution in [1.82, 2.24) is 19.3 Å². The number of anilines is 5. The second-order valence-electron chi connectivity index (χ2n) is 17.8. The number of allylic oxidation sites excluding steroid dienone is 10. The van der Waals surface area contributed by atoms with Gasteiger partial charge in [0.15, 0.2) is 0 Å². The summed E-state index contributed by atoms with van der Waals surface area (Å²) in [7, 11) is 0. The molecule has 0 saturated carbocycles. The Kier molecular flexibility index (Phi) is 10.5. The first-order chi connectivity index (χ1) is 34.7. The third-order valence-corrected chi connectivity index (χ3v) is 14.7. The number of benzene rings is 7. The summed E-state index contributed by atoms with van der Waals surface area (Å²) < 4.78 is 4.85. The van der Waals surface area contributed by atoms with Crippen molar-refractivity contribution in [2.45, 2.75) is 25.3 Å². The molecular weight excluding hydrogens is 873 g/mol. The predicted molar refractivity (Wildman–Crippen MR) is 294 cm³/mol. The summed E-state index contributed by atoms with van der Waals surface area (Å²) in [6.45, 7) is 0. The first kappa shape index (κ1) is 41.4. The molecule has 70 heavy (non-hydrogen) atoms. The SMILES string of the molecule is C1=CC=Cc2c(n(-c3ccc(-c4nnc(C5=CCC(n6c7ccccc7c7cc(N(c8ccccc8)c8ccccc8)ccc76)C=C5)s4)cc3)c3ccc(N(C4=CC=CCC4)c4ccccc4)cc23)C=1. The fraction of sp³-hybridized carbons (Fsp3) is 0.0635. The lowest BCUT2D eigenvalue weighted by Gasteiger charge is -2.29. The number of nitrogens with zero attached hydrogens (tertiary/aromatic N) is 6. The number of rotatable bonds is 10. The highest BCUT2D eigenvalue weighted by Crippen LogP contribution is 2.43. The lowest BCUT2D eigenvalue weighted by Crippen LogP contribution is -2.17. The Morgan fingerprint density at radius 3 is 1.94 bits per heavy atom. The lowest BCUT2D eigenvalue weighted by molar-refractivity contribution is 0.649. The van der Waals surface area contributed by atoms with Gasteiger partial charge in [-0.25, -0.2) is 0 Å². The highest BCUT2D eigenvalue weighted by atomic mass is 32.1. The predicted octanol–water partition coefficient (Wildman–Crippen LogP) is 16.9. The van der Waals surface area contributed by atoms with Crippen molar-refractivity contribution in [2.75, 3.05) is 9.80 Å². The molecule has 3 aliphatic rings. The van der Waals surface area contributed by atoms with E-state index >= 15 is 0 Å². The minimum atomic E-state index is 0.151. The van der Waals surface area contributed by atoms with E-state index in [9.17, 15) is 0 Å². The molecule has 0 aliphatic heterocycles. The average Bonchev–Trinajstić information content (AvgIpc) is 4.07. The summed E-state index contributed by atoms with van der Waals surface area (Å²) in [5.41, 5.74) is 19.5. The second kappa shape index (κ2) is 17.7. The van der Waals surface area contributed by atoms with Crippen LogP contribution in [0.25, 0.3) is 66.7 Å². The molecule has 6 nitrogen and oxygen atoms in total. The van der Waals surface area contributed by atoms with E-state index in [4.69, 9.17) is 10.2 Å². The molecule has 10 aromatic rings. The zero-order chi connectivity index (χ0) is 46.4. The molecular formula is C63H46N6S. The van der Waals surface area contributed by atoms with Gasteiger partial charge >= 0.3 is 0 Å². The van der Waals surface area contributed by atoms with E-state index in [1.165, 1.54) is 38.5 Å². The van der Waals surface area contributed by atoms with Crippen LogP contribution in [0.4, 0.5) is 28.4 Å². The molecule has 0 fully saturated rings. The average molecular weight is 919 g/mol. The van der Waals surface area contributed by atoms with Gasteiger partial charge in [0.05, 0.1) is 17.3 Å². The number of hydrogen-bond donors (Lipinski definition) is 0. The second-order valence-corrected chi connectivity index (χ2v) is 18.8. The van der Waals surface area contributed by atoms with Crippen LogP contribution < -0.4 is 9.80 Å². The van der Waals surface area contributed by atoms with Crippen LogP contribution in [-0.4, -0.2) is 19.3 Å². The summed E-state index contributed by atoms with van der Waals surface area (Å²) in [5, 5.41) is 15.0. The van der Waals surface area contributed by atoms with Crippen molar-refractivity contribution in [3.8, 4) is 16.3 Å². The summed E-state index contributed by atoms with van der Waals surface area (Å²) in [4.78, 5) is 4.73. The van der Waals surface area contributed by atoms with Gasteiger partial charge in [-0.1, -0.05) is 127 Å². The van der Waals surface area contributed by atoms with Gasteiger partial charge in [0.25, 0.3) is 0 Å². The van der Waals surface area contributed by atoms with Gasteiger partial charge in [0.2, 0.25) is 0 Å². The van der Waals surface area contributed by atoms with Gasteiger partial charge in [-0.15, -0.1) is 15.9 Å². The van der Waals surface area contributed by atoms with Gasteiger partial charge in [-0.2, -0.15) is 0 Å². The Morgan fingerprint density at radius 1 is 0.571 bits per heavy atom. The maximum atomic E-state index is 4.74. The van der Waals surface area contributed by atoms with Crippen LogP contribution in [0.3, 0.4) is 0 Å². The van der Waals surface area contributed by atoms with Crippen LogP contribution >= 0.6 is 11.3 Å². The van der Waals surface area contributed by atoms with E-state index in [0.717, 1.165) is 85.7 Å². The summed E-state index contributed by atoms with van der Waals surface area (Å²) >= 11 is 1.64. The minimum absolute atomic E-state index is 0.151. The molecule has 3 heterocycles. The molecule has 3 aliphatic carbocycles. The molecule has 0 saturated heterocycles. The molecule has 0 amide bonds. The molecule has 334 valence electrons. The van der Waals surface area contributed by atoms with Gasteiger partial charge in [0, 0.05) is 89.8 Å². The van der Waals surface area contributed by atoms with Crippen LogP contribution in [0.15, 0.2) is 236 Å². The molecule has 7 heteroatoms. The van der Waals surface area contributed by atoms with E-state index in [0.29, 0.717) is 0 Å². The maximum Gasteiger partial charge on any atom is 0.148 e. The normalized spacial score (nSPS) is 15.1. The Labute approximate surface area is 411 Å². The van der Waals surface area contributed by atoms with E-state index in [2.05, 4.69) is 255 Å². The molecule has 3 aromatic heterocycles. The fourth-order valence-corrected chi connectivity index (χ4v) is 11.3. The Balaban J connectivity index is 0.782. The standard InChI is InChI=1S/C63H46N6S/c1-6-18-46(19-7-1)66(47-20-8-2-9-21-47)52-38-40-60-56(42-52)54-26-14-5-15-28-58(54)68(60)50-34-30-44(31-35-50)62-64-65-63(70-62)45-32-36-51(37-33-45)69-59-29-17-16-27-55(59)57-43-53(39-41-61(57)69)67(48-22-10-3-11-23-48)49-24-12-4-13-25-49/h1-8,10-14,16-20,22-36,38-43,51H,9,21,37H2. The first-order valence-electron chi connectivity index (χ1n) is 24.0. The first-order valence-corrected chi connectivity index (χ1v) is 24.8. The fourth-order valence-electron chi connectivity index (χ4n) is 10.5. The van der Waals surface area contributed by atoms with Gasteiger partial charge < -0.3 is 18.9 Å². The van der Waals surface area contributed by atoms with Crippen molar-refractivity contribution in [3.63, 3.8) is 0 Å². The van der Waals surface area contributed by atoms with Crippen LogP contribution in [0.1, 0.15) is 41.6 Å². The molecule has 0 bridgehead atoms. The Hall–Kier alpha value is -8.74. The Morgan fingerprint density at radius 2 is 1.23 bits per heavy atom. The largest absolute Gasteiger partial charge is 0.333 e. The van der Waals surface area contributed by atoms with Crippen molar-refractivity contribution < 1.29 is 0 Å². The summed E-state index contributed by atoms with van der Waals surface area (Å²) in [6.07, 6.45) is 24.8. The minimum Gasteiger partial charge on any atom is -0.333 e. The zero-order valence-corrected chi connectivity index (χ0v) is 39.1. The van der Waals surface area contributed by atoms with Crippen molar-refractivity contribution in [2.24, 2.45) is 0 Å². The third-order valence-electron chi connectivity index (χ3n) is 13.7.